The van der Waals surface area contributed by atoms with Crippen molar-refractivity contribution in [3.05, 3.63) is 70.1 Å². The number of thiophene rings is 1. The largest absolute Gasteiger partial charge is 0.493 e. The first-order valence-electron chi connectivity index (χ1n) is 11.2. The first-order chi connectivity index (χ1) is 17.1. The number of rotatable bonds is 12. The zero-order valence-electron chi connectivity index (χ0n) is 20.4. The normalized spacial score (nSPS) is 11.2. The van der Waals surface area contributed by atoms with Gasteiger partial charge in [0.25, 0.3) is 0 Å². The Morgan fingerprint density at radius 3 is 2.54 bits per heavy atom. The molecule has 0 saturated carbocycles. The third kappa shape index (κ3) is 8.36. The van der Waals surface area contributed by atoms with Gasteiger partial charge in [-0.15, -0.1) is 36.2 Å². The molecule has 2 aromatic heterocycles. The van der Waals surface area contributed by atoms with Crippen LogP contribution in [0.1, 0.15) is 5.56 Å². The average molecular weight is 631 g/mol. The zero-order chi connectivity index (χ0) is 24.6. The van der Waals surface area contributed by atoms with E-state index >= 15 is 0 Å². The van der Waals surface area contributed by atoms with Crippen LogP contribution < -0.4 is 19.5 Å². The number of benzene rings is 2. The summed E-state index contributed by atoms with van der Waals surface area (Å²) in [4.78, 5) is 9.04. The molecule has 0 amide bonds. The topological polar surface area (TPSA) is 88.6 Å². The molecule has 0 spiro atoms. The third-order valence-electron chi connectivity index (χ3n) is 5.41. The van der Waals surface area contributed by atoms with Gasteiger partial charge in [0.15, 0.2) is 11.5 Å². The Labute approximate surface area is 241 Å². The maximum atomic E-state index is 10.3. The smallest absolute Gasteiger partial charge is 0.160 e. The highest BCUT2D eigenvalue weighted by molar-refractivity contribution is 9.10. The van der Waals surface area contributed by atoms with Gasteiger partial charge in [-0.2, -0.15) is 0 Å². The highest BCUT2D eigenvalue weighted by Gasteiger charge is 2.11. The standard InChI is InChI=1S/C26H28BrN3O4S.2ClH/c1-32-23-7-5-17(12-24(23)33-2)9-10-28-14-19(31)16-34-22-8-6-18(13-20(22)27)26-29-15-21(30-26)25-4-3-11-35-25;;/h3-8,11-13,15,19,28,31H,9-10,14,16H2,1-2H3,(H,29,30);2*1H. The van der Waals surface area contributed by atoms with E-state index in [0.717, 1.165) is 45.0 Å². The number of aromatic amines is 1. The van der Waals surface area contributed by atoms with Crippen molar-refractivity contribution in [2.24, 2.45) is 0 Å². The van der Waals surface area contributed by atoms with E-state index in [-0.39, 0.29) is 31.4 Å². The number of H-pyrrole nitrogens is 1. The summed E-state index contributed by atoms with van der Waals surface area (Å²) in [6.07, 6.45) is 2.08. The van der Waals surface area contributed by atoms with Crippen molar-refractivity contribution in [1.29, 1.82) is 0 Å². The lowest BCUT2D eigenvalue weighted by molar-refractivity contribution is 0.106. The minimum absolute atomic E-state index is 0. The van der Waals surface area contributed by atoms with Crippen molar-refractivity contribution >= 4 is 52.1 Å². The molecule has 11 heteroatoms. The molecule has 1 unspecified atom stereocenters. The molecule has 200 valence electrons. The molecule has 4 aromatic rings. The van der Waals surface area contributed by atoms with E-state index in [4.69, 9.17) is 14.2 Å². The van der Waals surface area contributed by atoms with Gasteiger partial charge in [-0.3, -0.25) is 0 Å². The lowest BCUT2D eigenvalue weighted by Crippen LogP contribution is -2.32. The number of aliphatic hydroxyl groups is 1. The SMILES string of the molecule is COc1ccc(CCNCC(O)COc2ccc(-c3nc(-c4cccs4)c[nH]3)cc2Br)cc1OC.Cl.Cl. The van der Waals surface area contributed by atoms with Gasteiger partial charge in [-0.25, -0.2) is 4.98 Å². The molecule has 0 aliphatic heterocycles. The van der Waals surface area contributed by atoms with E-state index in [0.29, 0.717) is 23.8 Å². The maximum Gasteiger partial charge on any atom is 0.160 e. The van der Waals surface area contributed by atoms with E-state index in [2.05, 4.69) is 31.2 Å². The molecule has 0 bridgehead atoms. The van der Waals surface area contributed by atoms with Gasteiger partial charge >= 0.3 is 0 Å². The lowest BCUT2D eigenvalue weighted by Gasteiger charge is -2.15. The summed E-state index contributed by atoms with van der Waals surface area (Å²) < 4.78 is 17.2. The van der Waals surface area contributed by atoms with Crippen molar-refractivity contribution in [3.63, 3.8) is 0 Å². The maximum absolute atomic E-state index is 10.3. The Morgan fingerprint density at radius 1 is 1.05 bits per heavy atom. The van der Waals surface area contributed by atoms with Gasteiger partial charge in [0, 0.05) is 18.3 Å². The first-order valence-corrected chi connectivity index (χ1v) is 12.9. The third-order valence-corrected chi connectivity index (χ3v) is 6.92. The van der Waals surface area contributed by atoms with Crippen molar-refractivity contribution in [2.45, 2.75) is 12.5 Å². The number of aromatic nitrogens is 2. The number of hydrogen-bond acceptors (Lipinski definition) is 7. The number of ether oxygens (including phenoxy) is 3. The summed E-state index contributed by atoms with van der Waals surface area (Å²) >= 11 is 5.23. The van der Waals surface area contributed by atoms with Crippen LogP contribution >= 0.6 is 52.1 Å². The number of hydrogen-bond donors (Lipinski definition) is 3. The van der Waals surface area contributed by atoms with Gasteiger partial charge < -0.3 is 29.6 Å². The van der Waals surface area contributed by atoms with Crippen molar-refractivity contribution in [3.8, 4) is 39.2 Å². The Bertz CT molecular complexity index is 1240. The van der Waals surface area contributed by atoms with Crippen molar-refractivity contribution < 1.29 is 19.3 Å². The molecule has 2 heterocycles. The van der Waals surface area contributed by atoms with Crippen LogP contribution in [0, 0.1) is 0 Å². The summed E-state index contributed by atoms with van der Waals surface area (Å²) in [5, 5.41) is 15.6. The second-order valence-corrected chi connectivity index (χ2v) is 9.67. The molecular weight excluding hydrogens is 601 g/mol. The quantitative estimate of drug-likeness (QED) is 0.166. The molecule has 0 radical (unpaired) electrons. The first kappa shape index (κ1) is 31.0. The number of nitrogens with one attached hydrogen (secondary N) is 2. The molecule has 4 rings (SSSR count). The molecule has 0 aliphatic carbocycles. The zero-order valence-corrected chi connectivity index (χ0v) is 24.4. The van der Waals surface area contributed by atoms with E-state index in [1.807, 2.05) is 60.1 Å². The monoisotopic (exact) mass is 629 g/mol. The Balaban J connectivity index is 0.00000241. The summed E-state index contributed by atoms with van der Waals surface area (Å²) in [7, 11) is 3.25. The molecule has 0 fully saturated rings. The fourth-order valence-electron chi connectivity index (χ4n) is 3.57. The van der Waals surface area contributed by atoms with Gasteiger partial charge in [-0.1, -0.05) is 12.1 Å². The number of methoxy groups -OCH3 is 2. The van der Waals surface area contributed by atoms with E-state index in [1.54, 1.807) is 25.6 Å². The molecule has 0 aliphatic rings. The molecule has 0 saturated heterocycles. The fourth-order valence-corrected chi connectivity index (χ4v) is 4.75. The molecule has 37 heavy (non-hydrogen) atoms. The number of aliphatic hydroxyl groups excluding tert-OH is 1. The number of imidazole rings is 1. The van der Waals surface area contributed by atoms with Crippen LogP contribution in [0.15, 0.2) is 64.6 Å². The highest BCUT2D eigenvalue weighted by Crippen LogP contribution is 2.31. The van der Waals surface area contributed by atoms with Crippen LogP contribution in [-0.4, -0.2) is 55.1 Å². The Hall–Kier alpha value is -2.27. The van der Waals surface area contributed by atoms with Crippen molar-refractivity contribution in [1.82, 2.24) is 15.3 Å². The second-order valence-electron chi connectivity index (χ2n) is 7.87. The van der Waals surface area contributed by atoms with Gasteiger partial charge in [0.2, 0.25) is 0 Å². The summed E-state index contributed by atoms with van der Waals surface area (Å²) in [5.41, 5.74) is 3.00. The number of nitrogens with zero attached hydrogens (tertiary/aromatic N) is 1. The van der Waals surface area contributed by atoms with Gasteiger partial charge in [-0.05, 0) is 76.2 Å². The van der Waals surface area contributed by atoms with Crippen LogP contribution in [0.5, 0.6) is 17.2 Å². The predicted octanol–water partition coefficient (Wildman–Crippen LogP) is 6.00. The van der Waals surface area contributed by atoms with E-state index in [9.17, 15) is 5.11 Å². The van der Waals surface area contributed by atoms with E-state index < -0.39 is 6.10 Å². The molecule has 3 N–H and O–H groups in total. The summed E-state index contributed by atoms with van der Waals surface area (Å²) in [6.45, 7) is 1.34. The Kier molecular flexibility index (Phi) is 12.7. The lowest BCUT2D eigenvalue weighted by atomic mass is 10.1. The minimum Gasteiger partial charge on any atom is -0.493 e. The fraction of sp³-hybridized carbons (Fsp3) is 0.269. The van der Waals surface area contributed by atoms with E-state index in [1.165, 1.54) is 0 Å². The average Bonchev–Trinajstić information content (AvgIpc) is 3.58. The Morgan fingerprint density at radius 2 is 1.84 bits per heavy atom. The summed E-state index contributed by atoms with van der Waals surface area (Å²) in [5.74, 6) is 2.89. The molecule has 7 nitrogen and oxygen atoms in total. The van der Waals surface area contributed by atoms with Gasteiger partial charge in [0.1, 0.15) is 24.3 Å². The van der Waals surface area contributed by atoms with Crippen molar-refractivity contribution in [2.75, 3.05) is 33.9 Å². The van der Waals surface area contributed by atoms with Crippen LogP contribution in [0.3, 0.4) is 0 Å². The van der Waals surface area contributed by atoms with Crippen LogP contribution in [-0.2, 0) is 6.42 Å². The second kappa shape index (κ2) is 15.2. The summed E-state index contributed by atoms with van der Waals surface area (Å²) in [6, 6.07) is 15.7. The van der Waals surface area contributed by atoms with Crippen LogP contribution in [0.2, 0.25) is 0 Å². The van der Waals surface area contributed by atoms with Crippen LogP contribution in [0.25, 0.3) is 22.0 Å². The van der Waals surface area contributed by atoms with Crippen LogP contribution in [0.4, 0.5) is 0 Å². The van der Waals surface area contributed by atoms with Gasteiger partial charge in [0.05, 0.1) is 29.3 Å². The molecule has 1 atom stereocenters. The predicted molar refractivity (Wildman–Crippen MR) is 157 cm³/mol. The minimum atomic E-state index is -0.634. The highest BCUT2D eigenvalue weighted by atomic mass is 79.9. The molecule has 2 aromatic carbocycles. The molecular formula is C26H30BrCl2N3O4S. The number of halogens is 3.